The number of carboxylic acid groups (broad SMARTS) is 1. The topological polar surface area (TPSA) is 75.6 Å². The number of nitrogens with one attached hydrogen (secondary N) is 1. The highest BCUT2D eigenvalue weighted by Crippen LogP contribution is 2.26. The van der Waals surface area contributed by atoms with Crippen LogP contribution in [0.25, 0.3) is 10.8 Å². The zero-order chi connectivity index (χ0) is 17.7. The van der Waals surface area contributed by atoms with E-state index in [0.717, 1.165) is 10.8 Å². The molecule has 128 valence electrons. The first-order chi connectivity index (χ1) is 11.3. The summed E-state index contributed by atoms with van der Waals surface area (Å²) >= 11 is 0. The van der Waals surface area contributed by atoms with Gasteiger partial charge >= 0.3 is 5.97 Å². The standard InChI is InChI=1S/C19H23NO4/c1-13(17(21)20-12-11-19(2,3)18(22)23)24-16-10-6-8-14-7-4-5-9-15(14)16/h4-10,13H,11-12H2,1-3H3,(H,20,21)(H,22,23). The minimum absolute atomic E-state index is 0.260. The van der Waals surface area contributed by atoms with E-state index in [1.54, 1.807) is 20.8 Å². The van der Waals surface area contributed by atoms with Gasteiger partial charge in [-0.2, -0.15) is 0 Å². The molecular weight excluding hydrogens is 306 g/mol. The molecule has 0 radical (unpaired) electrons. The fourth-order valence-electron chi connectivity index (χ4n) is 2.29. The maximum atomic E-state index is 12.2. The Kier molecular flexibility index (Phi) is 5.44. The number of rotatable bonds is 7. The summed E-state index contributed by atoms with van der Waals surface area (Å²) in [7, 11) is 0. The summed E-state index contributed by atoms with van der Waals surface area (Å²) in [4.78, 5) is 23.2. The van der Waals surface area contributed by atoms with Gasteiger partial charge in [0.2, 0.25) is 0 Å². The number of fused-ring (bicyclic) bond motifs is 1. The Morgan fingerprint density at radius 1 is 1.17 bits per heavy atom. The van der Waals surface area contributed by atoms with Gasteiger partial charge in [0.05, 0.1) is 5.41 Å². The number of aliphatic carboxylic acids is 1. The van der Waals surface area contributed by atoms with Gasteiger partial charge in [-0.05, 0) is 38.6 Å². The number of amides is 1. The fraction of sp³-hybridized carbons (Fsp3) is 0.368. The maximum Gasteiger partial charge on any atom is 0.309 e. The van der Waals surface area contributed by atoms with E-state index in [1.807, 2.05) is 42.5 Å². The van der Waals surface area contributed by atoms with Crippen molar-refractivity contribution in [3.63, 3.8) is 0 Å². The molecule has 0 aliphatic rings. The Morgan fingerprint density at radius 2 is 1.83 bits per heavy atom. The smallest absolute Gasteiger partial charge is 0.309 e. The van der Waals surface area contributed by atoms with Gasteiger partial charge < -0.3 is 15.2 Å². The average Bonchev–Trinajstić information content (AvgIpc) is 2.54. The van der Waals surface area contributed by atoms with Crippen LogP contribution in [0, 0.1) is 5.41 Å². The molecular formula is C19H23NO4. The SMILES string of the molecule is CC(Oc1cccc2ccccc12)C(=O)NCCC(C)(C)C(=O)O. The highest BCUT2D eigenvalue weighted by Gasteiger charge is 2.27. The first-order valence-corrected chi connectivity index (χ1v) is 7.97. The molecule has 0 fully saturated rings. The molecule has 0 aliphatic heterocycles. The quantitative estimate of drug-likeness (QED) is 0.818. The van der Waals surface area contributed by atoms with Crippen molar-refractivity contribution in [3.05, 3.63) is 42.5 Å². The monoisotopic (exact) mass is 329 g/mol. The minimum atomic E-state index is -0.878. The molecule has 1 unspecified atom stereocenters. The molecule has 0 heterocycles. The van der Waals surface area contributed by atoms with Crippen LogP contribution < -0.4 is 10.1 Å². The summed E-state index contributed by atoms with van der Waals surface area (Å²) in [5.74, 6) is -0.484. The summed E-state index contributed by atoms with van der Waals surface area (Å²) < 4.78 is 5.79. The maximum absolute atomic E-state index is 12.2. The molecule has 0 saturated heterocycles. The molecule has 0 bridgehead atoms. The molecule has 1 atom stereocenters. The van der Waals surface area contributed by atoms with Gasteiger partial charge in [-0.1, -0.05) is 36.4 Å². The molecule has 2 rings (SSSR count). The number of hydrogen-bond donors (Lipinski definition) is 2. The van der Waals surface area contributed by atoms with Crippen molar-refractivity contribution in [1.82, 2.24) is 5.32 Å². The van der Waals surface area contributed by atoms with E-state index in [4.69, 9.17) is 9.84 Å². The molecule has 1 amide bonds. The predicted octanol–water partition coefficient (Wildman–Crippen LogP) is 3.22. The van der Waals surface area contributed by atoms with Crippen molar-refractivity contribution >= 4 is 22.6 Å². The lowest BCUT2D eigenvalue weighted by atomic mass is 9.90. The van der Waals surface area contributed by atoms with Crippen LogP contribution in [0.5, 0.6) is 5.75 Å². The molecule has 0 saturated carbocycles. The van der Waals surface area contributed by atoms with Crippen LogP contribution in [0.1, 0.15) is 27.2 Å². The van der Waals surface area contributed by atoms with E-state index in [0.29, 0.717) is 18.7 Å². The third-order valence-electron chi connectivity index (χ3n) is 4.05. The van der Waals surface area contributed by atoms with Crippen LogP contribution in [-0.2, 0) is 9.59 Å². The van der Waals surface area contributed by atoms with E-state index < -0.39 is 17.5 Å². The number of carbonyl (C=O) groups is 2. The van der Waals surface area contributed by atoms with Crippen LogP contribution in [0.3, 0.4) is 0 Å². The molecule has 2 aromatic rings. The highest BCUT2D eigenvalue weighted by atomic mass is 16.5. The highest BCUT2D eigenvalue weighted by molar-refractivity contribution is 5.89. The summed E-state index contributed by atoms with van der Waals surface area (Å²) in [5.41, 5.74) is -0.868. The van der Waals surface area contributed by atoms with E-state index in [-0.39, 0.29) is 5.91 Å². The van der Waals surface area contributed by atoms with Gasteiger partial charge in [0.1, 0.15) is 5.75 Å². The first kappa shape index (κ1) is 17.8. The third-order valence-corrected chi connectivity index (χ3v) is 4.05. The van der Waals surface area contributed by atoms with E-state index in [9.17, 15) is 9.59 Å². The number of ether oxygens (including phenoxy) is 1. The van der Waals surface area contributed by atoms with Gasteiger partial charge in [-0.3, -0.25) is 9.59 Å². The lowest BCUT2D eigenvalue weighted by Crippen LogP contribution is -2.39. The van der Waals surface area contributed by atoms with Gasteiger partial charge in [0, 0.05) is 11.9 Å². The number of hydrogen-bond acceptors (Lipinski definition) is 3. The second kappa shape index (κ2) is 7.34. The van der Waals surface area contributed by atoms with Crippen molar-refractivity contribution in [2.24, 2.45) is 5.41 Å². The Labute approximate surface area is 141 Å². The molecule has 0 spiro atoms. The Bertz CT molecular complexity index is 734. The third kappa shape index (κ3) is 4.25. The van der Waals surface area contributed by atoms with Crippen LogP contribution in [0.4, 0.5) is 0 Å². The number of benzene rings is 2. The van der Waals surface area contributed by atoms with Crippen molar-refractivity contribution in [2.75, 3.05) is 6.54 Å². The molecule has 0 aromatic heterocycles. The Balaban J connectivity index is 1.95. The molecule has 2 N–H and O–H groups in total. The van der Waals surface area contributed by atoms with Crippen molar-refractivity contribution in [3.8, 4) is 5.75 Å². The summed E-state index contributed by atoms with van der Waals surface area (Å²) in [6.45, 7) is 5.25. The van der Waals surface area contributed by atoms with Gasteiger partial charge in [0.15, 0.2) is 6.10 Å². The minimum Gasteiger partial charge on any atom is -0.481 e. The normalized spacial score (nSPS) is 12.6. The summed E-state index contributed by atoms with van der Waals surface area (Å²) in [6.07, 6.45) is -0.307. The zero-order valence-electron chi connectivity index (χ0n) is 14.2. The predicted molar refractivity (Wildman–Crippen MR) is 93.1 cm³/mol. The van der Waals surface area contributed by atoms with E-state index in [2.05, 4.69) is 5.32 Å². The van der Waals surface area contributed by atoms with Gasteiger partial charge in [-0.15, -0.1) is 0 Å². The number of carbonyl (C=O) groups excluding carboxylic acids is 1. The van der Waals surface area contributed by atoms with Crippen LogP contribution >= 0.6 is 0 Å². The average molecular weight is 329 g/mol. The molecule has 5 heteroatoms. The second-order valence-corrected chi connectivity index (χ2v) is 6.47. The lowest BCUT2D eigenvalue weighted by Gasteiger charge is -2.20. The molecule has 24 heavy (non-hydrogen) atoms. The Morgan fingerprint density at radius 3 is 2.54 bits per heavy atom. The van der Waals surface area contributed by atoms with Crippen molar-refractivity contribution in [1.29, 1.82) is 0 Å². The Hall–Kier alpha value is -2.56. The molecule has 5 nitrogen and oxygen atoms in total. The van der Waals surface area contributed by atoms with Crippen LogP contribution in [0.2, 0.25) is 0 Å². The first-order valence-electron chi connectivity index (χ1n) is 7.97. The van der Waals surface area contributed by atoms with E-state index >= 15 is 0 Å². The second-order valence-electron chi connectivity index (χ2n) is 6.47. The molecule has 0 aliphatic carbocycles. The van der Waals surface area contributed by atoms with E-state index in [1.165, 1.54) is 0 Å². The van der Waals surface area contributed by atoms with Crippen LogP contribution in [-0.4, -0.2) is 29.6 Å². The summed E-state index contributed by atoms with van der Waals surface area (Å²) in [6, 6.07) is 13.5. The summed E-state index contributed by atoms with van der Waals surface area (Å²) in [5, 5.41) is 13.8. The van der Waals surface area contributed by atoms with Crippen molar-refractivity contribution in [2.45, 2.75) is 33.3 Å². The zero-order valence-corrected chi connectivity index (χ0v) is 14.2. The van der Waals surface area contributed by atoms with Gasteiger partial charge in [-0.25, -0.2) is 0 Å². The van der Waals surface area contributed by atoms with Crippen LogP contribution in [0.15, 0.2) is 42.5 Å². The van der Waals surface area contributed by atoms with Gasteiger partial charge in [0.25, 0.3) is 5.91 Å². The number of carboxylic acids is 1. The molecule has 2 aromatic carbocycles. The fourth-order valence-corrected chi connectivity index (χ4v) is 2.29. The lowest BCUT2D eigenvalue weighted by molar-refractivity contribution is -0.147. The van der Waals surface area contributed by atoms with Crippen molar-refractivity contribution < 1.29 is 19.4 Å². The largest absolute Gasteiger partial charge is 0.481 e.